The third-order valence-corrected chi connectivity index (χ3v) is 5.49. The number of unbranched alkanes of at least 4 members (excludes halogenated alkanes) is 8. The normalized spacial score (nSPS) is 11.0. The van der Waals surface area contributed by atoms with Crippen molar-refractivity contribution in [3.05, 3.63) is 16.7 Å². The van der Waals surface area contributed by atoms with Crippen LogP contribution in [0.15, 0.2) is 0 Å². The molecule has 0 aliphatic heterocycles. The van der Waals surface area contributed by atoms with Crippen molar-refractivity contribution >= 4 is 5.97 Å². The van der Waals surface area contributed by atoms with Crippen LogP contribution in [-0.4, -0.2) is 29.4 Å². The first-order chi connectivity index (χ1) is 15.0. The lowest BCUT2D eigenvalue weighted by atomic mass is 9.94. The minimum Gasteiger partial charge on any atom is -0.503 e. The summed E-state index contributed by atoms with van der Waals surface area (Å²) in [5.74, 6) is -1.22. The zero-order chi connectivity index (χ0) is 23.1. The standard InChI is InChI=1S/C25H42O6/c1-5-9-11-13-15-17-29-23-20(8-4)19(7-3)21(25(27)28)22(26)24(23)31-30-18-16-14-12-10-6-2/h26H,5-18H2,1-4H3,(H,27,28). The summed E-state index contributed by atoms with van der Waals surface area (Å²) in [5.41, 5.74) is 1.21. The van der Waals surface area contributed by atoms with Gasteiger partial charge in [-0.05, 0) is 31.2 Å². The van der Waals surface area contributed by atoms with Gasteiger partial charge in [-0.15, -0.1) is 0 Å². The van der Waals surface area contributed by atoms with E-state index in [0.717, 1.165) is 44.1 Å². The minimum absolute atomic E-state index is 0.0198. The fourth-order valence-corrected chi connectivity index (χ4v) is 3.76. The molecule has 0 spiro atoms. The Kier molecular flexibility index (Phi) is 13.8. The van der Waals surface area contributed by atoms with Crippen LogP contribution in [0, 0.1) is 0 Å². The summed E-state index contributed by atoms with van der Waals surface area (Å²) in [6.07, 6.45) is 11.9. The Morgan fingerprint density at radius 2 is 1.29 bits per heavy atom. The van der Waals surface area contributed by atoms with Gasteiger partial charge in [0.05, 0.1) is 13.2 Å². The first kappa shape index (κ1) is 27.1. The van der Waals surface area contributed by atoms with Crippen molar-refractivity contribution in [2.24, 2.45) is 0 Å². The van der Waals surface area contributed by atoms with Gasteiger partial charge in [-0.25, -0.2) is 4.79 Å². The van der Waals surface area contributed by atoms with Crippen molar-refractivity contribution in [3.8, 4) is 17.2 Å². The van der Waals surface area contributed by atoms with Crippen LogP contribution in [0.2, 0.25) is 0 Å². The summed E-state index contributed by atoms with van der Waals surface area (Å²) < 4.78 is 6.05. The summed E-state index contributed by atoms with van der Waals surface area (Å²) in [5, 5.41) is 20.5. The monoisotopic (exact) mass is 438 g/mol. The highest BCUT2D eigenvalue weighted by Crippen LogP contribution is 2.46. The van der Waals surface area contributed by atoms with Crippen LogP contribution >= 0.6 is 0 Å². The molecule has 0 atom stereocenters. The summed E-state index contributed by atoms with van der Waals surface area (Å²) in [6, 6.07) is 0. The van der Waals surface area contributed by atoms with Crippen molar-refractivity contribution in [1.82, 2.24) is 0 Å². The number of ether oxygens (including phenoxy) is 1. The third-order valence-electron chi connectivity index (χ3n) is 5.49. The van der Waals surface area contributed by atoms with E-state index in [1.807, 2.05) is 13.8 Å². The number of hydrogen-bond donors (Lipinski definition) is 2. The zero-order valence-electron chi connectivity index (χ0n) is 19.9. The number of aromatic carboxylic acids is 1. The van der Waals surface area contributed by atoms with E-state index in [-0.39, 0.29) is 11.3 Å². The van der Waals surface area contributed by atoms with Crippen LogP contribution in [-0.2, 0) is 17.7 Å². The Bertz CT molecular complexity index is 656. The number of benzene rings is 1. The maximum atomic E-state index is 11.9. The molecular formula is C25H42O6. The van der Waals surface area contributed by atoms with Crippen LogP contribution in [0.4, 0.5) is 0 Å². The van der Waals surface area contributed by atoms with Crippen LogP contribution in [0.5, 0.6) is 17.2 Å². The average Bonchev–Trinajstić information content (AvgIpc) is 2.75. The molecule has 6 nitrogen and oxygen atoms in total. The SMILES string of the molecule is CCCCCCCOOc1c(O)c(C(=O)O)c(CC)c(CC)c1OCCCCCCC. The molecule has 1 aromatic carbocycles. The predicted molar refractivity (Wildman–Crippen MR) is 123 cm³/mol. The molecule has 0 aliphatic rings. The minimum atomic E-state index is -1.18. The smallest absolute Gasteiger partial charge is 0.339 e. The second-order valence-corrected chi connectivity index (χ2v) is 7.93. The van der Waals surface area contributed by atoms with Gasteiger partial charge in [0.25, 0.3) is 0 Å². The fraction of sp³-hybridized carbons (Fsp3) is 0.720. The Balaban J connectivity index is 3.03. The molecule has 0 unspecified atom stereocenters. The van der Waals surface area contributed by atoms with E-state index >= 15 is 0 Å². The molecule has 0 saturated heterocycles. The summed E-state index contributed by atoms with van der Waals surface area (Å²) in [4.78, 5) is 22.7. The lowest BCUT2D eigenvalue weighted by molar-refractivity contribution is -0.209. The molecule has 0 fully saturated rings. The van der Waals surface area contributed by atoms with E-state index in [2.05, 4.69) is 13.8 Å². The molecule has 2 N–H and O–H groups in total. The summed E-state index contributed by atoms with van der Waals surface area (Å²) >= 11 is 0. The molecular weight excluding hydrogens is 396 g/mol. The molecule has 178 valence electrons. The van der Waals surface area contributed by atoms with E-state index in [1.54, 1.807) is 0 Å². The van der Waals surface area contributed by atoms with Crippen LogP contribution in [0.25, 0.3) is 0 Å². The number of phenols is 1. The van der Waals surface area contributed by atoms with Gasteiger partial charge in [-0.2, -0.15) is 4.89 Å². The molecule has 1 rings (SSSR count). The van der Waals surface area contributed by atoms with E-state index < -0.39 is 11.7 Å². The first-order valence-electron chi connectivity index (χ1n) is 12.1. The number of rotatable bonds is 18. The Labute approximate surface area is 187 Å². The largest absolute Gasteiger partial charge is 0.503 e. The predicted octanol–water partition coefficient (Wildman–Crippen LogP) is 6.85. The van der Waals surface area contributed by atoms with Gasteiger partial charge in [-0.3, -0.25) is 0 Å². The molecule has 1 aromatic rings. The number of hydrogen-bond acceptors (Lipinski definition) is 5. The molecule has 0 bridgehead atoms. The van der Waals surface area contributed by atoms with Crippen LogP contribution in [0.3, 0.4) is 0 Å². The third kappa shape index (κ3) is 8.60. The van der Waals surface area contributed by atoms with E-state index in [0.29, 0.717) is 37.4 Å². The van der Waals surface area contributed by atoms with E-state index in [4.69, 9.17) is 14.5 Å². The van der Waals surface area contributed by atoms with Gasteiger partial charge in [0, 0.05) is 5.56 Å². The lowest BCUT2D eigenvalue weighted by Gasteiger charge is -2.21. The molecule has 31 heavy (non-hydrogen) atoms. The number of carboxylic acid groups (broad SMARTS) is 1. The van der Waals surface area contributed by atoms with Gasteiger partial charge >= 0.3 is 5.97 Å². The highest BCUT2D eigenvalue weighted by atomic mass is 17.2. The number of carbonyl (C=O) groups is 1. The van der Waals surface area contributed by atoms with Crippen molar-refractivity contribution in [1.29, 1.82) is 0 Å². The molecule has 0 radical (unpaired) electrons. The highest BCUT2D eigenvalue weighted by Gasteiger charge is 2.29. The van der Waals surface area contributed by atoms with Crippen molar-refractivity contribution in [2.45, 2.75) is 105 Å². The number of carboxylic acids is 1. The maximum Gasteiger partial charge on any atom is 0.339 e. The number of aromatic hydroxyl groups is 1. The van der Waals surface area contributed by atoms with Gasteiger partial charge < -0.3 is 19.8 Å². The molecule has 0 heterocycles. The Hall–Kier alpha value is -1.95. The maximum absolute atomic E-state index is 11.9. The fourth-order valence-electron chi connectivity index (χ4n) is 3.76. The molecule has 6 heteroatoms. The van der Waals surface area contributed by atoms with Crippen LogP contribution in [0.1, 0.15) is 113 Å². The van der Waals surface area contributed by atoms with Gasteiger partial charge in [-0.1, -0.05) is 79.1 Å². The highest BCUT2D eigenvalue weighted by molar-refractivity contribution is 5.95. The average molecular weight is 439 g/mol. The molecule has 0 aromatic heterocycles. The second-order valence-electron chi connectivity index (χ2n) is 7.93. The van der Waals surface area contributed by atoms with E-state index in [9.17, 15) is 15.0 Å². The van der Waals surface area contributed by atoms with Crippen LogP contribution < -0.4 is 9.62 Å². The summed E-state index contributed by atoms with van der Waals surface area (Å²) in [7, 11) is 0. The summed E-state index contributed by atoms with van der Waals surface area (Å²) in [6.45, 7) is 9.03. The molecule has 0 saturated carbocycles. The van der Waals surface area contributed by atoms with Gasteiger partial charge in [0.15, 0.2) is 11.5 Å². The van der Waals surface area contributed by atoms with Gasteiger partial charge in [0.1, 0.15) is 5.56 Å². The second kappa shape index (κ2) is 15.8. The van der Waals surface area contributed by atoms with Gasteiger partial charge in [0.2, 0.25) is 5.75 Å². The van der Waals surface area contributed by atoms with E-state index in [1.165, 1.54) is 25.7 Å². The Morgan fingerprint density at radius 3 is 1.81 bits per heavy atom. The van der Waals surface area contributed by atoms with Crippen molar-refractivity contribution in [3.63, 3.8) is 0 Å². The Morgan fingerprint density at radius 1 is 0.742 bits per heavy atom. The first-order valence-corrected chi connectivity index (χ1v) is 12.1. The quantitative estimate of drug-likeness (QED) is 0.148. The zero-order valence-corrected chi connectivity index (χ0v) is 19.9. The molecule has 0 amide bonds. The molecule has 0 aliphatic carbocycles. The lowest BCUT2D eigenvalue weighted by Crippen LogP contribution is -2.12. The van der Waals surface area contributed by atoms with Crippen molar-refractivity contribution in [2.75, 3.05) is 13.2 Å². The topological polar surface area (TPSA) is 85.2 Å². The van der Waals surface area contributed by atoms with Crippen molar-refractivity contribution < 1.29 is 29.5 Å².